The predicted molar refractivity (Wildman–Crippen MR) is 67.2 cm³/mol. The van der Waals surface area contributed by atoms with Crippen LogP contribution < -0.4 is 9.47 Å². The van der Waals surface area contributed by atoms with Crippen LogP contribution in [0.2, 0.25) is 0 Å². The van der Waals surface area contributed by atoms with Crippen LogP contribution in [0.4, 0.5) is 4.39 Å². The maximum Gasteiger partial charge on any atom is 0.236 e. The van der Waals surface area contributed by atoms with Crippen molar-refractivity contribution < 1.29 is 22.3 Å². The monoisotopic (exact) mass is 296 g/mol. The second kappa shape index (κ2) is 5.75. The minimum atomic E-state index is -3.82. The first kappa shape index (κ1) is 15.0. The molecule has 0 aliphatic heterocycles. The minimum Gasteiger partial charge on any atom is -0.493 e. The molecule has 0 bridgehead atoms. The lowest BCUT2D eigenvalue weighted by molar-refractivity contribution is 0.229. The van der Waals surface area contributed by atoms with E-state index in [0.29, 0.717) is 0 Å². The zero-order valence-corrected chi connectivity index (χ0v) is 11.8. The third-order valence-electron chi connectivity index (χ3n) is 2.02. The summed E-state index contributed by atoms with van der Waals surface area (Å²) in [5.74, 6) is -0.810. The molecule has 0 aliphatic rings. The fourth-order valence-electron chi connectivity index (χ4n) is 1.38. The van der Waals surface area contributed by atoms with E-state index in [4.69, 9.17) is 20.2 Å². The van der Waals surface area contributed by atoms with Crippen molar-refractivity contribution >= 4 is 19.7 Å². The molecule has 0 aliphatic carbocycles. The Morgan fingerprint density at radius 1 is 1.33 bits per heavy atom. The van der Waals surface area contributed by atoms with Gasteiger partial charge < -0.3 is 9.47 Å². The summed E-state index contributed by atoms with van der Waals surface area (Å²) in [5.41, 5.74) is -0.0574. The highest BCUT2D eigenvalue weighted by atomic mass is 35.7. The number of ether oxygens (including phenoxy) is 2. The molecule has 0 atom stereocenters. The van der Waals surface area contributed by atoms with Gasteiger partial charge in [0.1, 0.15) is 5.82 Å². The molecule has 1 aromatic carbocycles. The SMILES string of the molecule is COc1cc(CS(=O)(=O)Cl)c(F)cc1OC(C)C. The van der Waals surface area contributed by atoms with Crippen LogP contribution in [0.3, 0.4) is 0 Å². The lowest BCUT2D eigenvalue weighted by atomic mass is 10.2. The smallest absolute Gasteiger partial charge is 0.236 e. The molecule has 102 valence electrons. The van der Waals surface area contributed by atoms with Gasteiger partial charge in [0.2, 0.25) is 9.05 Å². The van der Waals surface area contributed by atoms with Crippen molar-refractivity contribution in [3.8, 4) is 11.5 Å². The molecule has 1 aromatic rings. The lowest BCUT2D eigenvalue weighted by Crippen LogP contribution is -2.08. The summed E-state index contributed by atoms with van der Waals surface area (Å²) < 4.78 is 46.0. The standard InChI is InChI=1S/C11H14ClFO4S/c1-7(2)17-11-5-9(13)8(4-10(11)16-3)6-18(12,14)15/h4-5,7H,6H2,1-3H3. The van der Waals surface area contributed by atoms with Gasteiger partial charge in [-0.05, 0) is 19.9 Å². The van der Waals surface area contributed by atoms with Crippen molar-refractivity contribution in [1.82, 2.24) is 0 Å². The zero-order chi connectivity index (χ0) is 13.9. The van der Waals surface area contributed by atoms with E-state index in [-0.39, 0.29) is 23.2 Å². The predicted octanol–water partition coefficient (Wildman–Crippen LogP) is 2.69. The van der Waals surface area contributed by atoms with Crippen LogP contribution in [0, 0.1) is 5.82 Å². The zero-order valence-electron chi connectivity index (χ0n) is 10.2. The van der Waals surface area contributed by atoms with Crippen LogP contribution in [0.25, 0.3) is 0 Å². The average Bonchev–Trinajstić information content (AvgIpc) is 2.19. The van der Waals surface area contributed by atoms with Gasteiger partial charge in [-0.2, -0.15) is 0 Å². The molecule has 1 rings (SSSR count). The Morgan fingerprint density at radius 3 is 2.39 bits per heavy atom. The van der Waals surface area contributed by atoms with E-state index in [1.807, 2.05) is 0 Å². The van der Waals surface area contributed by atoms with Gasteiger partial charge >= 0.3 is 0 Å². The first-order valence-electron chi connectivity index (χ1n) is 5.18. The summed E-state index contributed by atoms with van der Waals surface area (Å²) in [6.07, 6.45) is -0.152. The van der Waals surface area contributed by atoms with Gasteiger partial charge in [-0.25, -0.2) is 12.8 Å². The van der Waals surface area contributed by atoms with E-state index in [1.54, 1.807) is 13.8 Å². The summed E-state index contributed by atoms with van der Waals surface area (Å²) in [7, 11) is 2.66. The molecule has 0 amide bonds. The van der Waals surface area contributed by atoms with Gasteiger partial charge in [-0.15, -0.1) is 0 Å². The molecule has 0 N–H and O–H groups in total. The van der Waals surface area contributed by atoms with Crippen molar-refractivity contribution in [3.05, 3.63) is 23.5 Å². The van der Waals surface area contributed by atoms with Crippen LogP contribution in [-0.2, 0) is 14.8 Å². The number of hydrogen-bond acceptors (Lipinski definition) is 4. The minimum absolute atomic E-state index is 0.0574. The third-order valence-corrected chi connectivity index (χ3v) is 3.01. The first-order valence-corrected chi connectivity index (χ1v) is 7.66. The normalized spacial score (nSPS) is 11.7. The largest absolute Gasteiger partial charge is 0.493 e. The first-order chi connectivity index (χ1) is 8.23. The quantitative estimate of drug-likeness (QED) is 0.784. The molecule has 0 saturated heterocycles. The Morgan fingerprint density at radius 2 is 1.94 bits per heavy atom. The van der Waals surface area contributed by atoms with Crippen molar-refractivity contribution in [2.45, 2.75) is 25.7 Å². The van der Waals surface area contributed by atoms with Crippen molar-refractivity contribution in [3.63, 3.8) is 0 Å². The number of rotatable bonds is 5. The van der Waals surface area contributed by atoms with Gasteiger partial charge in [0.25, 0.3) is 0 Å². The summed E-state index contributed by atoms with van der Waals surface area (Å²) in [4.78, 5) is 0. The average molecular weight is 297 g/mol. The van der Waals surface area contributed by atoms with E-state index in [1.165, 1.54) is 13.2 Å². The van der Waals surface area contributed by atoms with E-state index < -0.39 is 20.6 Å². The van der Waals surface area contributed by atoms with E-state index in [9.17, 15) is 12.8 Å². The molecule has 0 heterocycles. The van der Waals surface area contributed by atoms with Crippen LogP contribution in [-0.4, -0.2) is 21.6 Å². The van der Waals surface area contributed by atoms with Gasteiger partial charge in [-0.3, -0.25) is 0 Å². The highest BCUT2D eigenvalue weighted by Crippen LogP contribution is 2.32. The third kappa shape index (κ3) is 4.34. The van der Waals surface area contributed by atoms with E-state index in [0.717, 1.165) is 6.07 Å². The Hall–Kier alpha value is -1.01. The van der Waals surface area contributed by atoms with E-state index >= 15 is 0 Å². The molecule has 0 saturated carbocycles. The molecule has 4 nitrogen and oxygen atoms in total. The Bertz CT molecular complexity index is 528. The fraction of sp³-hybridized carbons (Fsp3) is 0.455. The fourth-order valence-corrected chi connectivity index (χ4v) is 2.32. The van der Waals surface area contributed by atoms with Gasteiger partial charge in [0.05, 0.1) is 19.0 Å². The van der Waals surface area contributed by atoms with Crippen molar-refractivity contribution in [1.29, 1.82) is 0 Å². The molecule has 0 radical (unpaired) electrons. The summed E-state index contributed by atoms with van der Waals surface area (Å²) >= 11 is 0. The second-order valence-corrected chi connectivity index (χ2v) is 6.72. The molecule has 0 fully saturated rings. The maximum absolute atomic E-state index is 13.7. The summed E-state index contributed by atoms with van der Waals surface area (Å²) in [6, 6.07) is 2.36. The molecule has 0 spiro atoms. The highest BCUT2D eigenvalue weighted by Gasteiger charge is 2.17. The maximum atomic E-state index is 13.7. The number of methoxy groups -OCH3 is 1. The van der Waals surface area contributed by atoms with Crippen LogP contribution >= 0.6 is 10.7 Å². The number of hydrogen-bond donors (Lipinski definition) is 0. The topological polar surface area (TPSA) is 52.6 Å². The molecular weight excluding hydrogens is 283 g/mol. The van der Waals surface area contributed by atoms with Crippen LogP contribution in [0.15, 0.2) is 12.1 Å². The van der Waals surface area contributed by atoms with Gasteiger partial charge in [-0.1, -0.05) is 0 Å². The van der Waals surface area contributed by atoms with Crippen LogP contribution in [0.5, 0.6) is 11.5 Å². The number of benzene rings is 1. The van der Waals surface area contributed by atoms with Gasteiger partial charge in [0, 0.05) is 22.3 Å². The van der Waals surface area contributed by atoms with E-state index in [2.05, 4.69) is 0 Å². The summed E-state index contributed by atoms with van der Waals surface area (Å²) in [6.45, 7) is 3.57. The number of halogens is 2. The lowest BCUT2D eigenvalue weighted by Gasteiger charge is -2.14. The second-order valence-electron chi connectivity index (χ2n) is 3.94. The molecule has 0 aromatic heterocycles. The van der Waals surface area contributed by atoms with Crippen LogP contribution in [0.1, 0.15) is 19.4 Å². The molecule has 0 unspecified atom stereocenters. The molecular formula is C11H14ClFO4S. The Labute approximate surface area is 110 Å². The molecule has 18 heavy (non-hydrogen) atoms. The Kier molecular flexibility index (Phi) is 4.81. The molecule has 7 heteroatoms. The highest BCUT2D eigenvalue weighted by molar-refractivity contribution is 8.13. The Balaban J connectivity index is 3.18. The van der Waals surface area contributed by atoms with Crippen molar-refractivity contribution in [2.75, 3.05) is 7.11 Å². The summed E-state index contributed by atoms with van der Waals surface area (Å²) in [5, 5.41) is 0. The van der Waals surface area contributed by atoms with Crippen molar-refractivity contribution in [2.24, 2.45) is 0 Å². The van der Waals surface area contributed by atoms with Gasteiger partial charge in [0.15, 0.2) is 11.5 Å².